The quantitative estimate of drug-likeness (QED) is 0.527. The van der Waals surface area contributed by atoms with Gasteiger partial charge in [-0.15, -0.1) is 0 Å². The predicted octanol–water partition coefficient (Wildman–Crippen LogP) is 3.42. The van der Waals surface area contributed by atoms with Crippen LogP contribution in [0.4, 0.5) is 0 Å². The summed E-state index contributed by atoms with van der Waals surface area (Å²) in [6.45, 7) is 6.44. The lowest BCUT2D eigenvalue weighted by Gasteiger charge is -2.08. The highest BCUT2D eigenvalue weighted by molar-refractivity contribution is 9.09. The normalized spacial score (nSPS) is 9.31. The lowest BCUT2D eigenvalue weighted by Crippen LogP contribution is -1.95. The molecule has 0 heterocycles. The number of hydrogen-bond donors (Lipinski definition) is 1. The van der Waals surface area contributed by atoms with Gasteiger partial charge in [-0.05, 0) is 50.9 Å². The van der Waals surface area contributed by atoms with Gasteiger partial charge in [0.25, 0.3) is 0 Å². The highest BCUT2D eigenvalue weighted by Gasteiger charge is 2.02. The van der Waals surface area contributed by atoms with Gasteiger partial charge in [0.15, 0.2) is 0 Å². The summed E-state index contributed by atoms with van der Waals surface area (Å²) in [6, 6.07) is 4.43. The number of nitrogens with one attached hydrogen (secondary N) is 1. The Morgan fingerprint density at radius 3 is 2.06 bits per heavy atom. The second-order valence-corrected chi connectivity index (χ2v) is 5.02. The van der Waals surface area contributed by atoms with E-state index < -0.39 is 0 Å². The van der Waals surface area contributed by atoms with Crippen molar-refractivity contribution < 1.29 is 4.79 Å². The maximum Gasteiger partial charge on any atom is 0.130 e. The van der Waals surface area contributed by atoms with Crippen LogP contribution in [0.15, 0.2) is 17.0 Å². The van der Waals surface area contributed by atoms with Gasteiger partial charge >= 0.3 is 0 Å². The Morgan fingerprint density at radius 2 is 1.75 bits per heavy atom. The van der Waals surface area contributed by atoms with E-state index in [0.717, 1.165) is 6.29 Å². The van der Waals surface area contributed by atoms with Crippen LogP contribution in [0.2, 0.25) is 0 Å². The third-order valence-corrected chi connectivity index (χ3v) is 3.19. The van der Waals surface area contributed by atoms with Crippen LogP contribution in [-0.4, -0.2) is 18.7 Å². The molecular weight excluding hydrogens is 286 g/mol. The van der Waals surface area contributed by atoms with Crippen LogP contribution in [0.3, 0.4) is 0 Å². The number of alkyl halides is 1. The highest BCUT2D eigenvalue weighted by atomic mass is 79.9. The lowest BCUT2D eigenvalue weighted by molar-refractivity contribution is -0.105. The third kappa shape index (κ3) is 5.68. The largest absolute Gasteiger partial charge is 0.302 e. The average molecular weight is 304 g/mol. The number of aryl methyl sites for hydroxylation is 3. The number of carbonyl (C=O) groups is 1. The Balaban J connectivity index is 0.000000487. The van der Waals surface area contributed by atoms with Gasteiger partial charge in [0.05, 0.1) is 5.33 Å². The molecule has 0 bridgehead atoms. The van der Waals surface area contributed by atoms with Gasteiger partial charge in [0.1, 0.15) is 6.29 Å². The molecule has 4 heteroatoms. The SMILES string of the molecule is CNSc1c(C)cc(C)cc1C.O=CCBr. The molecule has 0 amide bonds. The first kappa shape index (κ1) is 15.7. The van der Waals surface area contributed by atoms with Crippen LogP contribution < -0.4 is 4.72 Å². The minimum absolute atomic E-state index is 0.451. The van der Waals surface area contributed by atoms with Crippen molar-refractivity contribution in [1.29, 1.82) is 0 Å². The molecule has 0 aliphatic heterocycles. The Hall–Kier alpha value is -0.320. The highest BCUT2D eigenvalue weighted by Crippen LogP contribution is 2.24. The van der Waals surface area contributed by atoms with Crippen molar-refractivity contribution in [3.63, 3.8) is 0 Å². The summed E-state index contributed by atoms with van der Waals surface area (Å²) in [4.78, 5) is 10.5. The molecule has 1 aromatic rings. The average Bonchev–Trinajstić information content (AvgIpc) is 2.24. The van der Waals surface area contributed by atoms with Gasteiger partial charge < -0.3 is 4.79 Å². The molecule has 0 aliphatic rings. The van der Waals surface area contributed by atoms with Crippen LogP contribution in [0.1, 0.15) is 16.7 Å². The Kier molecular flexibility index (Phi) is 8.61. The topological polar surface area (TPSA) is 29.1 Å². The van der Waals surface area contributed by atoms with Crippen molar-refractivity contribution in [2.24, 2.45) is 0 Å². The van der Waals surface area contributed by atoms with Gasteiger partial charge in [-0.25, -0.2) is 0 Å². The molecule has 0 saturated heterocycles. The molecule has 2 nitrogen and oxygen atoms in total. The summed E-state index contributed by atoms with van der Waals surface area (Å²) in [5, 5.41) is 0.451. The van der Waals surface area contributed by atoms with E-state index in [4.69, 9.17) is 4.79 Å². The van der Waals surface area contributed by atoms with E-state index in [0.29, 0.717) is 5.33 Å². The lowest BCUT2D eigenvalue weighted by atomic mass is 10.1. The molecule has 0 unspecified atom stereocenters. The molecule has 16 heavy (non-hydrogen) atoms. The Labute approximate surface area is 110 Å². The fourth-order valence-electron chi connectivity index (χ4n) is 1.43. The van der Waals surface area contributed by atoms with E-state index in [2.05, 4.69) is 53.6 Å². The van der Waals surface area contributed by atoms with E-state index in [9.17, 15) is 0 Å². The second-order valence-electron chi connectivity index (χ2n) is 3.35. The molecule has 0 atom stereocenters. The van der Waals surface area contributed by atoms with Crippen molar-refractivity contribution in [2.45, 2.75) is 25.7 Å². The van der Waals surface area contributed by atoms with Gasteiger partial charge in [0.2, 0.25) is 0 Å². The first-order valence-electron chi connectivity index (χ1n) is 4.97. The number of rotatable bonds is 3. The number of benzene rings is 1. The zero-order chi connectivity index (χ0) is 12.6. The van der Waals surface area contributed by atoms with Crippen LogP contribution in [0, 0.1) is 20.8 Å². The smallest absolute Gasteiger partial charge is 0.130 e. The van der Waals surface area contributed by atoms with E-state index in [1.54, 1.807) is 11.9 Å². The summed E-state index contributed by atoms with van der Waals surface area (Å²) < 4.78 is 3.10. The van der Waals surface area contributed by atoms with Crippen LogP contribution in [-0.2, 0) is 4.79 Å². The zero-order valence-corrected chi connectivity index (χ0v) is 12.5. The van der Waals surface area contributed by atoms with Crippen molar-refractivity contribution >= 4 is 34.2 Å². The summed E-state index contributed by atoms with van der Waals surface area (Å²) >= 11 is 4.57. The van der Waals surface area contributed by atoms with Gasteiger partial charge in [-0.3, -0.25) is 4.72 Å². The monoisotopic (exact) mass is 303 g/mol. The first-order valence-corrected chi connectivity index (χ1v) is 6.91. The second kappa shape index (κ2) is 8.79. The summed E-state index contributed by atoms with van der Waals surface area (Å²) in [7, 11) is 1.95. The molecule has 1 aromatic carbocycles. The van der Waals surface area contributed by atoms with Crippen LogP contribution >= 0.6 is 27.9 Å². The molecule has 90 valence electrons. The van der Waals surface area contributed by atoms with Gasteiger partial charge in [0, 0.05) is 4.90 Å². The molecular formula is C12H18BrNOS. The van der Waals surface area contributed by atoms with Crippen molar-refractivity contribution in [2.75, 3.05) is 12.4 Å². The molecule has 0 aromatic heterocycles. The minimum atomic E-state index is 0.451. The van der Waals surface area contributed by atoms with E-state index in [1.807, 2.05) is 7.05 Å². The van der Waals surface area contributed by atoms with E-state index in [-0.39, 0.29) is 0 Å². The minimum Gasteiger partial charge on any atom is -0.302 e. The Morgan fingerprint density at radius 1 is 1.31 bits per heavy atom. The first-order chi connectivity index (χ1) is 7.56. The van der Waals surface area contributed by atoms with Crippen LogP contribution in [0.5, 0.6) is 0 Å². The van der Waals surface area contributed by atoms with E-state index >= 15 is 0 Å². The fourth-order valence-corrected chi connectivity index (χ4v) is 2.07. The summed E-state index contributed by atoms with van der Waals surface area (Å²) in [5.41, 5.74) is 4.05. The number of hydrogen-bond acceptors (Lipinski definition) is 3. The third-order valence-electron chi connectivity index (χ3n) is 1.87. The number of aldehydes is 1. The molecule has 0 aliphatic carbocycles. The molecule has 1 N–H and O–H groups in total. The summed E-state index contributed by atoms with van der Waals surface area (Å²) in [6.07, 6.45) is 0.792. The van der Waals surface area contributed by atoms with Crippen LogP contribution in [0.25, 0.3) is 0 Å². The van der Waals surface area contributed by atoms with Gasteiger partial charge in [-0.2, -0.15) is 0 Å². The number of halogens is 1. The number of carbonyl (C=O) groups excluding carboxylic acids is 1. The molecule has 1 rings (SSSR count). The van der Waals surface area contributed by atoms with E-state index in [1.165, 1.54) is 21.6 Å². The predicted molar refractivity (Wildman–Crippen MR) is 75.4 cm³/mol. The molecule has 0 fully saturated rings. The molecule has 0 saturated carbocycles. The Bertz CT molecular complexity index is 319. The van der Waals surface area contributed by atoms with Crippen molar-refractivity contribution in [1.82, 2.24) is 4.72 Å². The van der Waals surface area contributed by atoms with Crippen molar-refractivity contribution in [3.05, 3.63) is 28.8 Å². The standard InChI is InChI=1S/C10H15NS.C2H3BrO/c1-7-5-8(2)10(12-11-4)9(3)6-7;3-1-2-4/h5-6,11H,1-4H3;2H,1H2. The maximum atomic E-state index is 9.13. The zero-order valence-electron chi connectivity index (χ0n) is 10.1. The molecule has 0 radical (unpaired) electrons. The maximum absolute atomic E-state index is 9.13. The van der Waals surface area contributed by atoms with Crippen molar-refractivity contribution in [3.8, 4) is 0 Å². The van der Waals surface area contributed by atoms with Gasteiger partial charge in [-0.1, -0.05) is 33.6 Å². The summed E-state index contributed by atoms with van der Waals surface area (Å²) in [5.74, 6) is 0. The fraction of sp³-hybridized carbons (Fsp3) is 0.417. The molecule has 0 spiro atoms.